The van der Waals surface area contributed by atoms with Crippen LogP contribution >= 0.6 is 11.3 Å². The van der Waals surface area contributed by atoms with Gasteiger partial charge in [0.2, 0.25) is 0 Å². The summed E-state index contributed by atoms with van der Waals surface area (Å²) in [6.45, 7) is 11.2. The van der Waals surface area contributed by atoms with Crippen LogP contribution in [0, 0.1) is 6.92 Å². The second kappa shape index (κ2) is 11.1. The summed E-state index contributed by atoms with van der Waals surface area (Å²) in [5.41, 5.74) is 3.29. The lowest BCUT2D eigenvalue weighted by molar-refractivity contribution is 0.0736. The van der Waals surface area contributed by atoms with Gasteiger partial charge in [0.25, 0.3) is 11.8 Å². The fraction of sp³-hybridized carbons (Fsp3) is 0.400. The molecule has 2 amide bonds. The first kappa shape index (κ1) is 23.7. The zero-order valence-electron chi connectivity index (χ0n) is 19.4. The molecule has 0 bridgehead atoms. The standard InChI is InChI=1S/C25H32N4O2S/c1-5-14-29(24(30)21-13-9-8-11-19(21)4)16-20-12-10-15-28(20)17-23-26-22(18-32-23)25(31)27(6-2)7-3/h8-13,15,18H,5-7,14,16-17H2,1-4H3. The number of amides is 2. The van der Waals surface area contributed by atoms with Crippen LogP contribution in [0.25, 0.3) is 0 Å². The van der Waals surface area contributed by atoms with Crippen molar-refractivity contribution < 1.29 is 9.59 Å². The average molecular weight is 453 g/mol. The maximum atomic E-state index is 13.2. The molecular formula is C25H32N4O2S. The molecule has 0 spiro atoms. The number of hydrogen-bond acceptors (Lipinski definition) is 4. The Morgan fingerprint density at radius 1 is 1.00 bits per heavy atom. The molecule has 1 aromatic carbocycles. The van der Waals surface area contributed by atoms with Crippen molar-refractivity contribution in [3.05, 3.63) is 75.5 Å². The molecule has 6 nitrogen and oxygen atoms in total. The van der Waals surface area contributed by atoms with Gasteiger partial charge >= 0.3 is 0 Å². The van der Waals surface area contributed by atoms with E-state index >= 15 is 0 Å². The van der Waals surface area contributed by atoms with Gasteiger partial charge in [-0.1, -0.05) is 25.1 Å². The van der Waals surface area contributed by atoms with Crippen LogP contribution in [0.4, 0.5) is 0 Å². The van der Waals surface area contributed by atoms with Crippen molar-refractivity contribution >= 4 is 23.2 Å². The minimum Gasteiger partial charge on any atom is -0.343 e. The average Bonchev–Trinajstić information content (AvgIpc) is 3.44. The molecule has 0 unspecified atom stereocenters. The van der Waals surface area contributed by atoms with Crippen molar-refractivity contribution in [2.75, 3.05) is 19.6 Å². The van der Waals surface area contributed by atoms with E-state index in [4.69, 9.17) is 0 Å². The summed E-state index contributed by atoms with van der Waals surface area (Å²) < 4.78 is 2.11. The molecule has 0 saturated carbocycles. The van der Waals surface area contributed by atoms with E-state index < -0.39 is 0 Å². The molecule has 3 aromatic rings. The number of carbonyl (C=O) groups excluding carboxylic acids is 2. The maximum Gasteiger partial charge on any atom is 0.273 e. The predicted molar refractivity (Wildman–Crippen MR) is 129 cm³/mol. The number of thiazole rings is 1. The first-order chi connectivity index (χ1) is 15.5. The summed E-state index contributed by atoms with van der Waals surface area (Å²) in [4.78, 5) is 34.0. The number of carbonyl (C=O) groups is 2. The minimum atomic E-state index is -0.0248. The number of hydrogen-bond donors (Lipinski definition) is 0. The Labute approximate surface area is 194 Å². The topological polar surface area (TPSA) is 58.4 Å². The molecule has 7 heteroatoms. The Hall–Kier alpha value is -2.93. The van der Waals surface area contributed by atoms with Crippen LogP contribution in [0.1, 0.15) is 64.3 Å². The maximum absolute atomic E-state index is 13.2. The predicted octanol–water partition coefficient (Wildman–Crippen LogP) is 4.84. The lowest BCUT2D eigenvalue weighted by atomic mass is 10.1. The lowest BCUT2D eigenvalue weighted by Gasteiger charge is -2.24. The number of benzene rings is 1. The second-order valence-electron chi connectivity index (χ2n) is 7.77. The Bertz CT molecular complexity index is 1050. The SMILES string of the molecule is CCCN(Cc1cccn1Cc1nc(C(=O)N(CC)CC)cs1)C(=O)c1ccccc1C. The van der Waals surface area contributed by atoms with Crippen molar-refractivity contribution in [3.63, 3.8) is 0 Å². The highest BCUT2D eigenvalue weighted by molar-refractivity contribution is 7.09. The van der Waals surface area contributed by atoms with Crippen molar-refractivity contribution in [2.24, 2.45) is 0 Å². The zero-order chi connectivity index (χ0) is 23.1. The van der Waals surface area contributed by atoms with Gasteiger partial charge in [-0.2, -0.15) is 0 Å². The normalized spacial score (nSPS) is 10.9. The molecule has 0 aliphatic rings. The van der Waals surface area contributed by atoms with Gasteiger partial charge in [0, 0.05) is 42.5 Å². The molecule has 0 N–H and O–H groups in total. The molecular weight excluding hydrogens is 420 g/mol. The third kappa shape index (κ3) is 5.46. The molecule has 0 saturated heterocycles. The fourth-order valence-corrected chi connectivity index (χ4v) is 4.51. The Morgan fingerprint density at radius 3 is 2.44 bits per heavy atom. The summed E-state index contributed by atoms with van der Waals surface area (Å²) in [5, 5.41) is 2.72. The number of aryl methyl sites for hydroxylation is 1. The van der Waals surface area contributed by atoms with Gasteiger partial charge in [0.15, 0.2) is 0 Å². The van der Waals surface area contributed by atoms with Gasteiger partial charge in [0.1, 0.15) is 10.7 Å². The van der Waals surface area contributed by atoms with Crippen LogP contribution in [0.15, 0.2) is 48.0 Å². The van der Waals surface area contributed by atoms with Crippen molar-refractivity contribution in [1.82, 2.24) is 19.4 Å². The zero-order valence-corrected chi connectivity index (χ0v) is 20.2. The van der Waals surface area contributed by atoms with Crippen LogP contribution < -0.4 is 0 Å². The van der Waals surface area contributed by atoms with Crippen molar-refractivity contribution in [3.8, 4) is 0 Å². The van der Waals surface area contributed by atoms with E-state index in [1.165, 1.54) is 11.3 Å². The molecule has 2 aromatic heterocycles. The van der Waals surface area contributed by atoms with Gasteiger partial charge in [-0.25, -0.2) is 4.98 Å². The fourth-order valence-electron chi connectivity index (χ4n) is 3.75. The van der Waals surface area contributed by atoms with Gasteiger partial charge in [0.05, 0.1) is 13.1 Å². The molecule has 32 heavy (non-hydrogen) atoms. The van der Waals surface area contributed by atoms with Gasteiger partial charge in [-0.05, 0) is 51.0 Å². The summed E-state index contributed by atoms with van der Waals surface area (Å²) in [7, 11) is 0. The third-order valence-electron chi connectivity index (χ3n) is 5.56. The van der Waals surface area contributed by atoms with Crippen LogP contribution in [0.2, 0.25) is 0 Å². The van der Waals surface area contributed by atoms with E-state index in [0.29, 0.717) is 38.4 Å². The molecule has 0 aliphatic carbocycles. The van der Waals surface area contributed by atoms with Crippen molar-refractivity contribution in [2.45, 2.75) is 47.2 Å². The van der Waals surface area contributed by atoms with E-state index in [9.17, 15) is 9.59 Å². The first-order valence-electron chi connectivity index (χ1n) is 11.2. The van der Waals surface area contributed by atoms with E-state index in [2.05, 4.69) is 16.5 Å². The molecule has 0 radical (unpaired) electrons. The molecule has 2 heterocycles. The smallest absolute Gasteiger partial charge is 0.273 e. The number of aromatic nitrogens is 2. The Balaban J connectivity index is 1.75. The Kier molecular flexibility index (Phi) is 8.22. The monoisotopic (exact) mass is 452 g/mol. The summed E-state index contributed by atoms with van der Waals surface area (Å²) in [6.07, 6.45) is 2.90. The van der Waals surface area contributed by atoms with E-state index in [1.807, 2.05) is 73.6 Å². The molecule has 0 fully saturated rings. The highest BCUT2D eigenvalue weighted by atomic mass is 32.1. The molecule has 0 aliphatic heterocycles. The summed E-state index contributed by atoms with van der Waals surface area (Å²) >= 11 is 1.50. The lowest BCUT2D eigenvalue weighted by Crippen LogP contribution is -2.32. The summed E-state index contributed by atoms with van der Waals surface area (Å²) in [6, 6.07) is 11.8. The second-order valence-corrected chi connectivity index (χ2v) is 8.72. The molecule has 0 atom stereocenters. The van der Waals surface area contributed by atoms with Gasteiger partial charge in [-0.15, -0.1) is 11.3 Å². The quantitative estimate of drug-likeness (QED) is 0.442. The van der Waals surface area contributed by atoms with Crippen LogP contribution in [-0.2, 0) is 13.1 Å². The van der Waals surface area contributed by atoms with E-state index in [0.717, 1.165) is 28.2 Å². The molecule has 3 rings (SSSR count). The largest absolute Gasteiger partial charge is 0.343 e. The molecule has 170 valence electrons. The first-order valence-corrected chi connectivity index (χ1v) is 12.1. The van der Waals surface area contributed by atoms with E-state index in [-0.39, 0.29) is 11.8 Å². The van der Waals surface area contributed by atoms with Crippen molar-refractivity contribution in [1.29, 1.82) is 0 Å². The highest BCUT2D eigenvalue weighted by Crippen LogP contribution is 2.18. The van der Waals surface area contributed by atoms with Crippen LogP contribution in [0.5, 0.6) is 0 Å². The van der Waals surface area contributed by atoms with Crippen LogP contribution in [0.3, 0.4) is 0 Å². The number of nitrogens with zero attached hydrogens (tertiary/aromatic N) is 4. The van der Waals surface area contributed by atoms with Gasteiger partial charge in [-0.3, -0.25) is 9.59 Å². The van der Waals surface area contributed by atoms with Crippen LogP contribution in [-0.4, -0.2) is 50.8 Å². The van der Waals surface area contributed by atoms with Gasteiger partial charge < -0.3 is 14.4 Å². The minimum absolute atomic E-state index is 0.0248. The third-order valence-corrected chi connectivity index (χ3v) is 6.39. The van der Waals surface area contributed by atoms with E-state index in [1.54, 1.807) is 4.90 Å². The summed E-state index contributed by atoms with van der Waals surface area (Å²) in [5.74, 6) is 0.0298. The number of rotatable bonds is 10. The Morgan fingerprint density at radius 2 is 1.75 bits per heavy atom. The highest BCUT2D eigenvalue weighted by Gasteiger charge is 2.20.